The maximum Gasteiger partial charge on any atom is 0.192 e. The van der Waals surface area contributed by atoms with Gasteiger partial charge in [0.1, 0.15) is 5.82 Å². The van der Waals surface area contributed by atoms with Crippen molar-refractivity contribution in [3.63, 3.8) is 0 Å². The fraction of sp³-hybridized carbons (Fsp3) is 0.263. The van der Waals surface area contributed by atoms with E-state index in [1.807, 2.05) is 54.9 Å². The molecule has 0 spiro atoms. The SMILES string of the molecule is Cc1nnc(CNC(=NCc2ccccc2)NCc2ccccn2)n1C.I. The van der Waals surface area contributed by atoms with Crippen molar-refractivity contribution < 1.29 is 0 Å². The molecule has 2 heterocycles. The molecule has 0 atom stereocenters. The summed E-state index contributed by atoms with van der Waals surface area (Å²) in [6.07, 6.45) is 1.79. The smallest absolute Gasteiger partial charge is 0.192 e. The number of nitrogens with zero attached hydrogens (tertiary/aromatic N) is 5. The molecule has 3 aromatic rings. The number of guanidine groups is 1. The fourth-order valence-corrected chi connectivity index (χ4v) is 2.37. The molecule has 142 valence electrons. The van der Waals surface area contributed by atoms with Crippen LogP contribution in [0.3, 0.4) is 0 Å². The van der Waals surface area contributed by atoms with Crippen molar-refractivity contribution in [1.29, 1.82) is 0 Å². The zero-order valence-electron chi connectivity index (χ0n) is 15.5. The molecule has 0 radical (unpaired) electrons. The lowest BCUT2D eigenvalue weighted by atomic mass is 10.2. The molecule has 0 saturated carbocycles. The van der Waals surface area contributed by atoms with E-state index in [1.54, 1.807) is 6.20 Å². The first-order valence-electron chi connectivity index (χ1n) is 8.53. The molecule has 0 unspecified atom stereocenters. The van der Waals surface area contributed by atoms with E-state index in [-0.39, 0.29) is 24.0 Å². The van der Waals surface area contributed by atoms with E-state index in [2.05, 4.69) is 42.9 Å². The number of nitrogens with one attached hydrogen (secondary N) is 2. The number of rotatable bonds is 6. The Labute approximate surface area is 176 Å². The third kappa shape index (κ3) is 6.31. The van der Waals surface area contributed by atoms with E-state index in [0.29, 0.717) is 25.6 Å². The van der Waals surface area contributed by atoms with Gasteiger partial charge in [-0.05, 0) is 24.6 Å². The topological polar surface area (TPSA) is 80.0 Å². The predicted octanol–water partition coefficient (Wildman–Crippen LogP) is 2.57. The van der Waals surface area contributed by atoms with Crippen LogP contribution >= 0.6 is 24.0 Å². The van der Waals surface area contributed by atoms with Crippen LogP contribution in [-0.2, 0) is 26.7 Å². The normalized spacial score (nSPS) is 11.0. The second-order valence-corrected chi connectivity index (χ2v) is 5.90. The van der Waals surface area contributed by atoms with Crippen molar-refractivity contribution in [3.8, 4) is 0 Å². The van der Waals surface area contributed by atoms with Gasteiger partial charge in [-0.3, -0.25) is 4.98 Å². The third-order valence-corrected chi connectivity index (χ3v) is 4.02. The second-order valence-electron chi connectivity index (χ2n) is 5.90. The molecule has 0 bridgehead atoms. The summed E-state index contributed by atoms with van der Waals surface area (Å²) in [6.45, 7) is 3.66. The molecule has 0 fully saturated rings. The summed E-state index contributed by atoms with van der Waals surface area (Å²) < 4.78 is 1.96. The van der Waals surface area contributed by atoms with Crippen molar-refractivity contribution in [2.24, 2.45) is 12.0 Å². The Morgan fingerprint density at radius 3 is 2.41 bits per heavy atom. The molecule has 7 nitrogen and oxygen atoms in total. The van der Waals surface area contributed by atoms with Crippen LogP contribution in [0.2, 0.25) is 0 Å². The Balaban J connectivity index is 0.00000261. The van der Waals surface area contributed by atoms with Crippen LogP contribution in [0.5, 0.6) is 0 Å². The van der Waals surface area contributed by atoms with Gasteiger partial charge in [0, 0.05) is 13.2 Å². The van der Waals surface area contributed by atoms with Crippen molar-refractivity contribution in [3.05, 3.63) is 77.6 Å². The Bertz CT molecular complexity index is 847. The number of aliphatic imine (C=N–C) groups is 1. The van der Waals surface area contributed by atoms with E-state index < -0.39 is 0 Å². The summed E-state index contributed by atoms with van der Waals surface area (Å²) in [5.74, 6) is 2.45. The second kappa shape index (κ2) is 10.6. The highest BCUT2D eigenvalue weighted by Gasteiger charge is 2.06. The zero-order valence-corrected chi connectivity index (χ0v) is 17.8. The van der Waals surface area contributed by atoms with Crippen molar-refractivity contribution in [2.45, 2.75) is 26.6 Å². The minimum Gasteiger partial charge on any atom is -0.351 e. The highest BCUT2D eigenvalue weighted by molar-refractivity contribution is 14.0. The monoisotopic (exact) mass is 477 g/mol. The zero-order chi connectivity index (χ0) is 18.2. The van der Waals surface area contributed by atoms with Gasteiger partial charge in [-0.25, -0.2) is 4.99 Å². The van der Waals surface area contributed by atoms with E-state index in [4.69, 9.17) is 0 Å². The standard InChI is InChI=1S/C19H23N7.HI/c1-15-24-25-18(26(15)2)14-23-19(21-12-16-8-4-3-5-9-16)22-13-17-10-6-7-11-20-17;/h3-11H,12-14H2,1-2H3,(H2,21,22,23);1H. The molecule has 1 aromatic carbocycles. The van der Waals surface area contributed by atoms with Gasteiger partial charge in [-0.2, -0.15) is 0 Å². The van der Waals surface area contributed by atoms with Crippen LogP contribution < -0.4 is 10.6 Å². The van der Waals surface area contributed by atoms with E-state index in [0.717, 1.165) is 22.9 Å². The van der Waals surface area contributed by atoms with Gasteiger partial charge in [-0.15, -0.1) is 34.2 Å². The first-order chi connectivity index (χ1) is 12.7. The molecule has 3 rings (SSSR count). The van der Waals surface area contributed by atoms with Gasteiger partial charge in [0.25, 0.3) is 0 Å². The number of pyridine rings is 1. The van der Waals surface area contributed by atoms with Gasteiger partial charge in [0.15, 0.2) is 11.8 Å². The van der Waals surface area contributed by atoms with Gasteiger partial charge in [-0.1, -0.05) is 36.4 Å². The van der Waals surface area contributed by atoms with Crippen molar-refractivity contribution in [1.82, 2.24) is 30.4 Å². The van der Waals surface area contributed by atoms with Crippen LogP contribution in [0, 0.1) is 6.92 Å². The number of hydrogen-bond donors (Lipinski definition) is 2. The predicted molar refractivity (Wildman–Crippen MR) is 117 cm³/mol. The van der Waals surface area contributed by atoms with Crippen LogP contribution in [0.15, 0.2) is 59.7 Å². The lowest BCUT2D eigenvalue weighted by Gasteiger charge is -2.12. The molecule has 27 heavy (non-hydrogen) atoms. The molecule has 0 aliphatic carbocycles. The molecule has 8 heteroatoms. The summed E-state index contributed by atoms with van der Waals surface area (Å²) in [4.78, 5) is 9.00. The number of benzene rings is 1. The Hall–Kier alpha value is -2.49. The van der Waals surface area contributed by atoms with Crippen LogP contribution in [-0.4, -0.2) is 25.7 Å². The lowest BCUT2D eigenvalue weighted by molar-refractivity contribution is 0.711. The van der Waals surface area contributed by atoms with Crippen LogP contribution in [0.1, 0.15) is 22.9 Å². The van der Waals surface area contributed by atoms with E-state index in [1.165, 1.54) is 0 Å². The molecule has 0 saturated heterocycles. The third-order valence-electron chi connectivity index (χ3n) is 4.02. The van der Waals surface area contributed by atoms with Gasteiger partial charge in [0.05, 0.1) is 25.3 Å². The van der Waals surface area contributed by atoms with Crippen LogP contribution in [0.4, 0.5) is 0 Å². The molecule has 0 aliphatic heterocycles. The largest absolute Gasteiger partial charge is 0.351 e. The molecule has 0 amide bonds. The molecule has 2 N–H and O–H groups in total. The number of aryl methyl sites for hydroxylation is 1. The Kier molecular flexibility index (Phi) is 8.18. The first-order valence-corrected chi connectivity index (χ1v) is 8.53. The van der Waals surface area contributed by atoms with E-state index >= 15 is 0 Å². The summed E-state index contributed by atoms with van der Waals surface area (Å²) in [6, 6.07) is 16.0. The summed E-state index contributed by atoms with van der Waals surface area (Å²) >= 11 is 0. The molecule has 0 aliphatic rings. The summed E-state index contributed by atoms with van der Waals surface area (Å²) in [5.41, 5.74) is 2.11. The van der Waals surface area contributed by atoms with Crippen molar-refractivity contribution >= 4 is 29.9 Å². The van der Waals surface area contributed by atoms with Gasteiger partial charge >= 0.3 is 0 Å². The Morgan fingerprint density at radius 1 is 1.00 bits per heavy atom. The van der Waals surface area contributed by atoms with Crippen molar-refractivity contribution in [2.75, 3.05) is 0 Å². The number of hydrogen-bond acceptors (Lipinski definition) is 4. The summed E-state index contributed by atoms with van der Waals surface area (Å²) in [5, 5.41) is 14.9. The maximum atomic E-state index is 4.67. The average molecular weight is 477 g/mol. The fourth-order valence-electron chi connectivity index (χ4n) is 2.37. The highest BCUT2D eigenvalue weighted by Crippen LogP contribution is 2.01. The lowest BCUT2D eigenvalue weighted by Crippen LogP contribution is -2.37. The first kappa shape index (κ1) is 20.8. The summed E-state index contributed by atoms with van der Waals surface area (Å²) in [7, 11) is 1.95. The quantitative estimate of drug-likeness (QED) is 0.324. The number of halogens is 1. The average Bonchev–Trinajstić information content (AvgIpc) is 3.01. The minimum atomic E-state index is 0. The maximum absolute atomic E-state index is 4.67. The minimum absolute atomic E-state index is 0. The van der Waals surface area contributed by atoms with Gasteiger partial charge < -0.3 is 15.2 Å². The molecule has 2 aromatic heterocycles. The van der Waals surface area contributed by atoms with E-state index in [9.17, 15) is 0 Å². The Morgan fingerprint density at radius 2 is 1.74 bits per heavy atom. The van der Waals surface area contributed by atoms with Crippen LogP contribution in [0.25, 0.3) is 0 Å². The molecular formula is C19H24IN7. The highest BCUT2D eigenvalue weighted by atomic mass is 127. The van der Waals surface area contributed by atoms with Gasteiger partial charge in [0.2, 0.25) is 0 Å². The number of aromatic nitrogens is 4. The molecular weight excluding hydrogens is 453 g/mol.